The van der Waals surface area contributed by atoms with Crippen LogP contribution in [0, 0.1) is 0 Å². The van der Waals surface area contributed by atoms with E-state index < -0.39 is 5.91 Å². The summed E-state index contributed by atoms with van der Waals surface area (Å²) in [6, 6.07) is 11.6. The van der Waals surface area contributed by atoms with Gasteiger partial charge in [-0.15, -0.1) is 0 Å². The number of carbonyl (C=O) groups excluding carboxylic acids is 3. The van der Waals surface area contributed by atoms with E-state index in [1.54, 1.807) is 55.5 Å². The maximum atomic E-state index is 12.6. The number of anilines is 1. The number of likely N-dealkylation sites (N-methyl/N-ethyl adjacent to an activating group) is 1. The molecule has 0 saturated heterocycles. The molecule has 0 radical (unpaired) electrons. The first-order valence-electron chi connectivity index (χ1n) is 9.76. The van der Waals surface area contributed by atoms with E-state index in [0.29, 0.717) is 34.9 Å². The molecule has 2 aromatic rings. The minimum atomic E-state index is -0.533. The summed E-state index contributed by atoms with van der Waals surface area (Å²) >= 11 is 0. The Morgan fingerprint density at radius 2 is 1.77 bits per heavy atom. The summed E-state index contributed by atoms with van der Waals surface area (Å²) in [4.78, 5) is 37.5. The van der Waals surface area contributed by atoms with Gasteiger partial charge in [0.2, 0.25) is 17.7 Å². The highest BCUT2D eigenvalue weighted by molar-refractivity contribution is 5.95. The molecule has 164 valence electrons. The van der Waals surface area contributed by atoms with Crippen LogP contribution in [0.25, 0.3) is 6.08 Å². The van der Waals surface area contributed by atoms with Crippen LogP contribution < -0.4 is 20.5 Å². The van der Waals surface area contributed by atoms with Gasteiger partial charge in [0.25, 0.3) is 0 Å². The van der Waals surface area contributed by atoms with Gasteiger partial charge in [-0.3, -0.25) is 14.4 Å². The fraction of sp³-hybridized carbons (Fsp3) is 0.261. The number of nitrogens with two attached hydrogens (primary N) is 1. The van der Waals surface area contributed by atoms with Crippen molar-refractivity contribution in [2.75, 3.05) is 32.6 Å². The molecule has 0 spiro atoms. The van der Waals surface area contributed by atoms with Crippen LogP contribution in [0.3, 0.4) is 0 Å². The van der Waals surface area contributed by atoms with Crippen LogP contribution >= 0.6 is 0 Å². The number of hydrogen-bond donors (Lipinski definition) is 2. The van der Waals surface area contributed by atoms with E-state index in [9.17, 15) is 14.4 Å². The fourth-order valence-corrected chi connectivity index (χ4v) is 2.84. The third-order valence-corrected chi connectivity index (χ3v) is 4.60. The Labute approximate surface area is 181 Å². The number of nitrogens with zero attached hydrogens (tertiary/aromatic N) is 1. The lowest BCUT2D eigenvalue weighted by Gasteiger charge is -2.19. The van der Waals surface area contributed by atoms with Crippen molar-refractivity contribution in [3.8, 4) is 11.5 Å². The maximum Gasteiger partial charge on any atom is 0.248 e. The molecular weight excluding hydrogens is 398 g/mol. The molecule has 3 N–H and O–H groups in total. The van der Waals surface area contributed by atoms with Crippen molar-refractivity contribution in [3.05, 3.63) is 59.7 Å². The van der Waals surface area contributed by atoms with Gasteiger partial charge in [-0.2, -0.15) is 0 Å². The number of rotatable bonds is 10. The number of hydrogen-bond acceptors (Lipinski definition) is 5. The average Bonchev–Trinajstić information content (AvgIpc) is 2.78. The van der Waals surface area contributed by atoms with Gasteiger partial charge < -0.3 is 25.4 Å². The Kier molecular flexibility index (Phi) is 8.63. The summed E-state index contributed by atoms with van der Waals surface area (Å²) in [5.74, 6) is 0.285. The van der Waals surface area contributed by atoms with E-state index in [2.05, 4.69) is 5.32 Å². The van der Waals surface area contributed by atoms with E-state index in [1.165, 1.54) is 18.2 Å². The first kappa shape index (κ1) is 23.5. The standard InChI is InChI=1S/C23H27N3O5/c1-4-26(14-13-21(27)25-18-8-5-16(6-9-18)23(24)29)22(28)12-7-17-15-19(30-2)10-11-20(17)31-3/h5-12,15H,4,13-14H2,1-3H3,(H2,24,29)(H,25,27)/b12-7+. The summed E-state index contributed by atoms with van der Waals surface area (Å²) in [6.07, 6.45) is 3.24. The van der Waals surface area contributed by atoms with Gasteiger partial charge in [0.1, 0.15) is 11.5 Å². The van der Waals surface area contributed by atoms with E-state index in [0.717, 1.165) is 0 Å². The molecular formula is C23H27N3O5. The average molecular weight is 425 g/mol. The monoisotopic (exact) mass is 425 g/mol. The number of primary amides is 1. The molecule has 0 heterocycles. The Balaban J connectivity index is 1.94. The third-order valence-electron chi connectivity index (χ3n) is 4.60. The number of ether oxygens (including phenoxy) is 2. The summed E-state index contributed by atoms with van der Waals surface area (Å²) in [6.45, 7) is 2.57. The Morgan fingerprint density at radius 3 is 2.35 bits per heavy atom. The van der Waals surface area contributed by atoms with Crippen LogP contribution in [0.15, 0.2) is 48.5 Å². The normalized spacial score (nSPS) is 10.5. The van der Waals surface area contributed by atoms with Crippen LogP contribution in [0.2, 0.25) is 0 Å². The minimum absolute atomic E-state index is 0.132. The topological polar surface area (TPSA) is 111 Å². The van der Waals surface area contributed by atoms with Crippen molar-refractivity contribution in [1.29, 1.82) is 0 Å². The summed E-state index contributed by atoms with van der Waals surface area (Å²) in [5, 5.41) is 2.73. The Hall–Kier alpha value is -3.81. The van der Waals surface area contributed by atoms with E-state index in [-0.39, 0.29) is 24.8 Å². The van der Waals surface area contributed by atoms with E-state index in [1.807, 2.05) is 6.92 Å². The molecule has 2 aromatic carbocycles. The highest BCUT2D eigenvalue weighted by Gasteiger charge is 2.12. The second-order valence-electron chi connectivity index (χ2n) is 6.60. The van der Waals surface area contributed by atoms with Crippen LogP contribution in [0.5, 0.6) is 11.5 Å². The molecule has 0 fully saturated rings. The van der Waals surface area contributed by atoms with Gasteiger partial charge in [-0.05, 0) is 55.5 Å². The predicted octanol–water partition coefficient (Wildman–Crippen LogP) is 2.69. The van der Waals surface area contributed by atoms with Crippen molar-refractivity contribution in [3.63, 3.8) is 0 Å². The van der Waals surface area contributed by atoms with Crippen LogP contribution in [-0.4, -0.2) is 49.9 Å². The zero-order chi connectivity index (χ0) is 22.8. The third kappa shape index (κ3) is 6.88. The first-order chi connectivity index (χ1) is 14.9. The SMILES string of the molecule is CCN(CCC(=O)Nc1ccc(C(N)=O)cc1)C(=O)/C=C/c1cc(OC)ccc1OC. The molecule has 8 heteroatoms. The van der Waals surface area contributed by atoms with E-state index in [4.69, 9.17) is 15.2 Å². The molecule has 2 rings (SSSR count). The Morgan fingerprint density at radius 1 is 1.06 bits per heavy atom. The predicted molar refractivity (Wildman–Crippen MR) is 119 cm³/mol. The lowest BCUT2D eigenvalue weighted by atomic mass is 10.1. The van der Waals surface area contributed by atoms with Crippen LogP contribution in [0.4, 0.5) is 5.69 Å². The van der Waals surface area contributed by atoms with Crippen molar-refractivity contribution >= 4 is 29.5 Å². The highest BCUT2D eigenvalue weighted by Crippen LogP contribution is 2.25. The Bertz CT molecular complexity index is 954. The lowest BCUT2D eigenvalue weighted by molar-refractivity contribution is -0.126. The highest BCUT2D eigenvalue weighted by atomic mass is 16.5. The van der Waals surface area contributed by atoms with Crippen LogP contribution in [-0.2, 0) is 9.59 Å². The number of nitrogens with one attached hydrogen (secondary N) is 1. The molecule has 3 amide bonds. The molecule has 31 heavy (non-hydrogen) atoms. The van der Waals surface area contributed by atoms with Gasteiger partial charge in [-0.1, -0.05) is 0 Å². The maximum absolute atomic E-state index is 12.6. The molecule has 0 aromatic heterocycles. The first-order valence-corrected chi connectivity index (χ1v) is 9.76. The number of carbonyl (C=O) groups is 3. The largest absolute Gasteiger partial charge is 0.497 e. The molecule has 0 aliphatic rings. The van der Waals surface area contributed by atoms with Crippen molar-refractivity contribution in [2.45, 2.75) is 13.3 Å². The van der Waals surface area contributed by atoms with Gasteiger partial charge in [0.15, 0.2) is 0 Å². The van der Waals surface area contributed by atoms with E-state index >= 15 is 0 Å². The summed E-state index contributed by atoms with van der Waals surface area (Å²) in [7, 11) is 3.12. The van der Waals surface area contributed by atoms with Crippen molar-refractivity contribution in [2.24, 2.45) is 5.73 Å². The molecule has 0 bridgehead atoms. The fourth-order valence-electron chi connectivity index (χ4n) is 2.84. The quantitative estimate of drug-likeness (QED) is 0.569. The molecule has 0 aliphatic carbocycles. The number of amides is 3. The second kappa shape index (κ2) is 11.4. The van der Waals surface area contributed by atoms with Gasteiger partial charge in [0, 0.05) is 42.4 Å². The van der Waals surface area contributed by atoms with Gasteiger partial charge in [0.05, 0.1) is 14.2 Å². The van der Waals surface area contributed by atoms with Crippen molar-refractivity contribution < 1.29 is 23.9 Å². The lowest BCUT2D eigenvalue weighted by Crippen LogP contribution is -2.32. The molecule has 0 saturated carbocycles. The molecule has 0 aliphatic heterocycles. The number of benzene rings is 2. The second-order valence-corrected chi connectivity index (χ2v) is 6.60. The molecule has 8 nitrogen and oxygen atoms in total. The summed E-state index contributed by atoms with van der Waals surface area (Å²) < 4.78 is 10.5. The smallest absolute Gasteiger partial charge is 0.248 e. The van der Waals surface area contributed by atoms with Crippen molar-refractivity contribution in [1.82, 2.24) is 4.90 Å². The minimum Gasteiger partial charge on any atom is -0.497 e. The molecule has 0 atom stereocenters. The summed E-state index contributed by atoms with van der Waals surface area (Å²) in [5.41, 5.74) is 6.82. The molecule has 0 unspecified atom stereocenters. The zero-order valence-electron chi connectivity index (χ0n) is 17.9. The number of methoxy groups -OCH3 is 2. The zero-order valence-corrected chi connectivity index (χ0v) is 17.9. The van der Waals surface area contributed by atoms with Gasteiger partial charge in [-0.25, -0.2) is 0 Å². The van der Waals surface area contributed by atoms with Crippen LogP contribution in [0.1, 0.15) is 29.3 Å². The van der Waals surface area contributed by atoms with Gasteiger partial charge >= 0.3 is 0 Å².